The molecule has 0 aliphatic rings. The van der Waals surface area contributed by atoms with Gasteiger partial charge in [-0.15, -0.1) is 12.4 Å². The van der Waals surface area contributed by atoms with Crippen molar-refractivity contribution >= 4 is 18.4 Å². The lowest BCUT2D eigenvalue weighted by Crippen LogP contribution is -2.38. The minimum atomic E-state index is -0.470. The number of hydroxylamine groups is 1. The predicted molar refractivity (Wildman–Crippen MR) is 63.3 cm³/mol. The SMILES string of the molecule is CON[C@@H](Cc1ccccc1)C(=O)OC.Cl. The van der Waals surface area contributed by atoms with Crippen LogP contribution in [0.15, 0.2) is 30.3 Å². The van der Waals surface area contributed by atoms with Crippen LogP contribution in [0, 0.1) is 0 Å². The molecular formula is C11H16ClNO3. The van der Waals surface area contributed by atoms with Crippen LogP contribution >= 0.6 is 12.4 Å². The van der Waals surface area contributed by atoms with Crippen molar-refractivity contribution in [1.82, 2.24) is 5.48 Å². The summed E-state index contributed by atoms with van der Waals surface area (Å²) in [5.74, 6) is -0.333. The number of carbonyl (C=O) groups excluding carboxylic acids is 1. The summed E-state index contributed by atoms with van der Waals surface area (Å²) < 4.78 is 4.66. The van der Waals surface area contributed by atoms with Gasteiger partial charge in [-0.05, 0) is 5.56 Å². The van der Waals surface area contributed by atoms with E-state index in [1.807, 2.05) is 30.3 Å². The van der Waals surface area contributed by atoms with Gasteiger partial charge in [0.25, 0.3) is 0 Å². The van der Waals surface area contributed by atoms with Gasteiger partial charge in [-0.1, -0.05) is 30.3 Å². The number of ether oxygens (including phenoxy) is 1. The third-order valence-electron chi connectivity index (χ3n) is 2.03. The molecule has 0 spiro atoms. The normalized spacial score (nSPS) is 11.4. The van der Waals surface area contributed by atoms with Crippen LogP contribution < -0.4 is 5.48 Å². The van der Waals surface area contributed by atoms with E-state index in [9.17, 15) is 4.79 Å². The molecule has 0 aromatic heterocycles. The zero-order valence-electron chi connectivity index (χ0n) is 9.30. The van der Waals surface area contributed by atoms with Crippen molar-refractivity contribution in [2.24, 2.45) is 0 Å². The van der Waals surface area contributed by atoms with Crippen LogP contribution in [-0.2, 0) is 20.8 Å². The van der Waals surface area contributed by atoms with E-state index in [2.05, 4.69) is 10.2 Å². The van der Waals surface area contributed by atoms with E-state index in [0.717, 1.165) is 5.56 Å². The first-order chi connectivity index (χ1) is 7.27. The molecule has 1 atom stereocenters. The molecule has 5 heteroatoms. The molecular weight excluding hydrogens is 230 g/mol. The second kappa shape index (κ2) is 8.10. The van der Waals surface area contributed by atoms with Crippen LogP contribution in [0.5, 0.6) is 0 Å². The molecule has 0 saturated heterocycles. The molecule has 0 fully saturated rings. The highest BCUT2D eigenvalue weighted by molar-refractivity contribution is 5.85. The van der Waals surface area contributed by atoms with E-state index in [1.165, 1.54) is 14.2 Å². The lowest BCUT2D eigenvalue weighted by Gasteiger charge is -2.14. The monoisotopic (exact) mass is 245 g/mol. The molecule has 0 radical (unpaired) electrons. The second-order valence-corrected chi connectivity index (χ2v) is 3.09. The predicted octanol–water partition coefficient (Wildman–Crippen LogP) is 1.34. The molecule has 1 N–H and O–H groups in total. The van der Waals surface area contributed by atoms with Crippen molar-refractivity contribution in [3.05, 3.63) is 35.9 Å². The van der Waals surface area contributed by atoms with E-state index in [4.69, 9.17) is 4.84 Å². The van der Waals surface area contributed by atoms with Crippen LogP contribution in [0.25, 0.3) is 0 Å². The number of hydrogen-bond donors (Lipinski definition) is 1. The largest absolute Gasteiger partial charge is 0.468 e. The quantitative estimate of drug-likeness (QED) is 0.628. The highest BCUT2D eigenvalue weighted by Crippen LogP contribution is 2.04. The molecule has 4 nitrogen and oxygen atoms in total. The molecule has 0 unspecified atom stereocenters. The van der Waals surface area contributed by atoms with Crippen molar-refractivity contribution in [3.8, 4) is 0 Å². The Balaban J connectivity index is 0.00000225. The van der Waals surface area contributed by atoms with Gasteiger partial charge in [0.15, 0.2) is 0 Å². The van der Waals surface area contributed by atoms with Gasteiger partial charge in [0.05, 0.1) is 14.2 Å². The maximum absolute atomic E-state index is 11.3. The van der Waals surface area contributed by atoms with Gasteiger partial charge < -0.3 is 9.57 Å². The van der Waals surface area contributed by atoms with E-state index >= 15 is 0 Å². The Hall–Kier alpha value is -1.10. The highest BCUT2D eigenvalue weighted by Gasteiger charge is 2.18. The van der Waals surface area contributed by atoms with Crippen molar-refractivity contribution in [1.29, 1.82) is 0 Å². The molecule has 0 heterocycles. The minimum absolute atomic E-state index is 0. The molecule has 0 saturated carbocycles. The average molecular weight is 246 g/mol. The van der Waals surface area contributed by atoms with Crippen LogP contribution in [0.2, 0.25) is 0 Å². The standard InChI is InChI=1S/C11H15NO3.ClH/c1-14-11(13)10(12-15-2)8-9-6-4-3-5-7-9;/h3-7,10,12H,8H2,1-2H3;1H/t10-;/m0./s1. The molecule has 90 valence electrons. The summed E-state index contributed by atoms with van der Waals surface area (Å²) in [6.45, 7) is 0. The topological polar surface area (TPSA) is 47.6 Å². The number of rotatable bonds is 5. The zero-order chi connectivity index (χ0) is 11.1. The molecule has 1 aromatic carbocycles. The van der Waals surface area contributed by atoms with Crippen molar-refractivity contribution < 1.29 is 14.4 Å². The molecule has 0 amide bonds. The maximum atomic E-state index is 11.3. The number of esters is 1. The number of nitrogens with one attached hydrogen (secondary N) is 1. The van der Waals surface area contributed by atoms with Gasteiger partial charge in [-0.3, -0.25) is 4.79 Å². The fourth-order valence-electron chi connectivity index (χ4n) is 1.31. The van der Waals surface area contributed by atoms with E-state index in [0.29, 0.717) is 6.42 Å². The third kappa shape index (κ3) is 4.61. The Labute approximate surface area is 101 Å². The summed E-state index contributed by atoms with van der Waals surface area (Å²) >= 11 is 0. The first-order valence-corrected chi connectivity index (χ1v) is 4.68. The van der Waals surface area contributed by atoms with Crippen LogP contribution in [0.1, 0.15) is 5.56 Å². The van der Waals surface area contributed by atoms with Crippen LogP contribution in [0.4, 0.5) is 0 Å². The molecule has 1 rings (SSSR count). The summed E-state index contributed by atoms with van der Waals surface area (Å²) in [6.07, 6.45) is 0.543. The first kappa shape index (κ1) is 14.9. The number of carbonyl (C=O) groups is 1. The van der Waals surface area contributed by atoms with Crippen LogP contribution in [0.3, 0.4) is 0 Å². The van der Waals surface area contributed by atoms with Crippen molar-refractivity contribution in [2.75, 3.05) is 14.2 Å². The summed E-state index contributed by atoms with van der Waals surface area (Å²) in [5.41, 5.74) is 3.66. The second-order valence-electron chi connectivity index (χ2n) is 3.09. The molecule has 0 aliphatic carbocycles. The summed E-state index contributed by atoms with van der Waals surface area (Å²) in [5, 5.41) is 0. The smallest absolute Gasteiger partial charge is 0.325 e. The molecule has 0 aliphatic heterocycles. The van der Waals surface area contributed by atoms with E-state index in [1.54, 1.807) is 0 Å². The van der Waals surface area contributed by atoms with Crippen molar-refractivity contribution in [3.63, 3.8) is 0 Å². The Morgan fingerprint density at radius 2 is 1.94 bits per heavy atom. The molecule has 1 aromatic rings. The fraction of sp³-hybridized carbons (Fsp3) is 0.364. The number of methoxy groups -OCH3 is 1. The van der Waals surface area contributed by atoms with Crippen LogP contribution in [-0.4, -0.2) is 26.2 Å². The first-order valence-electron chi connectivity index (χ1n) is 4.68. The average Bonchev–Trinajstić information content (AvgIpc) is 2.29. The van der Waals surface area contributed by atoms with E-state index in [-0.39, 0.29) is 18.4 Å². The number of benzene rings is 1. The van der Waals surface area contributed by atoms with Gasteiger partial charge >= 0.3 is 5.97 Å². The Kier molecular flexibility index (Phi) is 7.54. The highest BCUT2D eigenvalue weighted by atomic mass is 35.5. The van der Waals surface area contributed by atoms with Gasteiger partial charge in [0.2, 0.25) is 0 Å². The number of hydrogen-bond acceptors (Lipinski definition) is 4. The zero-order valence-corrected chi connectivity index (χ0v) is 10.1. The maximum Gasteiger partial charge on any atom is 0.325 e. The minimum Gasteiger partial charge on any atom is -0.468 e. The summed E-state index contributed by atoms with van der Waals surface area (Å²) in [7, 11) is 2.83. The Morgan fingerprint density at radius 1 is 1.31 bits per heavy atom. The van der Waals surface area contributed by atoms with Gasteiger partial charge in [-0.2, -0.15) is 5.48 Å². The lowest BCUT2D eigenvalue weighted by molar-refractivity contribution is -0.146. The van der Waals surface area contributed by atoms with E-state index < -0.39 is 6.04 Å². The molecule has 0 bridgehead atoms. The van der Waals surface area contributed by atoms with Gasteiger partial charge in [0, 0.05) is 6.42 Å². The van der Waals surface area contributed by atoms with Gasteiger partial charge in [0.1, 0.15) is 6.04 Å². The fourth-order valence-corrected chi connectivity index (χ4v) is 1.31. The van der Waals surface area contributed by atoms with Gasteiger partial charge in [-0.25, -0.2) is 0 Å². The lowest BCUT2D eigenvalue weighted by atomic mass is 10.1. The summed E-state index contributed by atoms with van der Waals surface area (Å²) in [4.78, 5) is 16.1. The van der Waals surface area contributed by atoms with Crippen molar-refractivity contribution in [2.45, 2.75) is 12.5 Å². The Morgan fingerprint density at radius 3 is 2.44 bits per heavy atom. The third-order valence-corrected chi connectivity index (χ3v) is 2.03. The molecule has 16 heavy (non-hydrogen) atoms. The number of halogens is 1. The summed E-state index contributed by atoms with van der Waals surface area (Å²) in [6, 6.07) is 9.22. The Bertz CT molecular complexity index is 305.